The monoisotopic (exact) mass is 396 g/mol. The summed E-state index contributed by atoms with van der Waals surface area (Å²) in [5.41, 5.74) is 3.07. The Morgan fingerprint density at radius 3 is 2.24 bits per heavy atom. The van der Waals surface area contributed by atoms with Gasteiger partial charge in [0.05, 0.1) is 0 Å². The molecule has 0 heterocycles. The molecule has 0 aliphatic carbocycles. The van der Waals surface area contributed by atoms with E-state index in [1.54, 1.807) is 0 Å². The highest BCUT2D eigenvalue weighted by atomic mass is 127. The van der Waals surface area contributed by atoms with Crippen molar-refractivity contribution in [3.8, 4) is 5.75 Å². The lowest BCUT2D eigenvalue weighted by Gasteiger charge is -2.16. The number of carboxylic acid groups (broad SMARTS) is 1. The standard InChI is InChI=1S/C17H17IO3/c1-11-7-12(2)9-15(8-11)21-16(17(19)20)10-13-3-5-14(18)6-4-13/h3-9,16H,10H2,1-2H3,(H,19,20)/t16-/m0/s1. The molecule has 110 valence electrons. The summed E-state index contributed by atoms with van der Waals surface area (Å²) in [6, 6.07) is 13.5. The number of carboxylic acids is 1. The minimum Gasteiger partial charge on any atom is -0.478 e. The van der Waals surface area contributed by atoms with E-state index in [1.807, 2.05) is 56.3 Å². The van der Waals surface area contributed by atoms with Crippen LogP contribution in [0, 0.1) is 17.4 Å². The first-order valence-corrected chi connectivity index (χ1v) is 7.74. The molecule has 0 fully saturated rings. The predicted octanol–water partition coefficient (Wildman–Crippen LogP) is 3.98. The lowest BCUT2D eigenvalue weighted by molar-refractivity contribution is -0.145. The van der Waals surface area contributed by atoms with Gasteiger partial charge < -0.3 is 9.84 Å². The molecule has 1 N–H and O–H groups in total. The lowest BCUT2D eigenvalue weighted by Crippen LogP contribution is -2.29. The van der Waals surface area contributed by atoms with E-state index >= 15 is 0 Å². The zero-order chi connectivity index (χ0) is 15.4. The molecule has 0 amide bonds. The van der Waals surface area contributed by atoms with Crippen molar-refractivity contribution in [3.05, 3.63) is 62.7 Å². The van der Waals surface area contributed by atoms with Gasteiger partial charge in [0.15, 0.2) is 6.10 Å². The second kappa shape index (κ2) is 6.93. The van der Waals surface area contributed by atoms with Crippen LogP contribution in [0.4, 0.5) is 0 Å². The lowest BCUT2D eigenvalue weighted by atomic mass is 10.1. The van der Waals surface area contributed by atoms with E-state index in [2.05, 4.69) is 22.6 Å². The highest BCUT2D eigenvalue weighted by Gasteiger charge is 2.20. The van der Waals surface area contributed by atoms with Gasteiger partial charge in [-0.3, -0.25) is 0 Å². The van der Waals surface area contributed by atoms with Crippen LogP contribution in [0.2, 0.25) is 0 Å². The van der Waals surface area contributed by atoms with Crippen LogP contribution in [0.3, 0.4) is 0 Å². The molecule has 21 heavy (non-hydrogen) atoms. The van der Waals surface area contributed by atoms with Gasteiger partial charge in [0.2, 0.25) is 0 Å². The summed E-state index contributed by atoms with van der Waals surface area (Å²) in [4.78, 5) is 11.4. The molecule has 0 saturated carbocycles. The van der Waals surface area contributed by atoms with E-state index in [0.29, 0.717) is 12.2 Å². The number of aryl methyl sites for hydroxylation is 2. The van der Waals surface area contributed by atoms with Crippen molar-refractivity contribution in [2.24, 2.45) is 0 Å². The Labute approximate surface area is 138 Å². The second-order valence-corrected chi connectivity index (χ2v) is 6.34. The molecular weight excluding hydrogens is 379 g/mol. The number of aliphatic carboxylic acids is 1. The maximum absolute atomic E-state index is 11.4. The largest absolute Gasteiger partial charge is 0.478 e. The van der Waals surface area contributed by atoms with Crippen molar-refractivity contribution in [1.82, 2.24) is 0 Å². The molecule has 2 rings (SSSR count). The van der Waals surface area contributed by atoms with Crippen molar-refractivity contribution in [2.75, 3.05) is 0 Å². The van der Waals surface area contributed by atoms with Crippen LogP contribution >= 0.6 is 22.6 Å². The maximum atomic E-state index is 11.4. The molecule has 1 atom stereocenters. The summed E-state index contributed by atoms with van der Waals surface area (Å²) < 4.78 is 6.79. The van der Waals surface area contributed by atoms with Crippen molar-refractivity contribution in [2.45, 2.75) is 26.4 Å². The summed E-state index contributed by atoms with van der Waals surface area (Å²) in [6.07, 6.45) is -0.537. The fourth-order valence-electron chi connectivity index (χ4n) is 2.18. The molecule has 0 radical (unpaired) electrons. The predicted molar refractivity (Wildman–Crippen MR) is 90.8 cm³/mol. The minimum atomic E-state index is -0.951. The molecule has 0 aliphatic rings. The van der Waals surface area contributed by atoms with Crippen molar-refractivity contribution in [3.63, 3.8) is 0 Å². The van der Waals surface area contributed by atoms with Crippen LogP contribution in [0.15, 0.2) is 42.5 Å². The molecule has 0 aliphatic heterocycles. The van der Waals surface area contributed by atoms with Gasteiger partial charge in [0.1, 0.15) is 5.75 Å². The Hall–Kier alpha value is -1.56. The van der Waals surface area contributed by atoms with Crippen LogP contribution in [0.5, 0.6) is 5.75 Å². The third-order valence-electron chi connectivity index (χ3n) is 3.08. The van der Waals surface area contributed by atoms with Gasteiger partial charge in [-0.1, -0.05) is 18.2 Å². The Bertz CT molecular complexity index is 615. The molecular formula is C17H17IO3. The molecule has 0 spiro atoms. The number of rotatable bonds is 5. The van der Waals surface area contributed by atoms with Gasteiger partial charge in [0, 0.05) is 9.99 Å². The second-order valence-electron chi connectivity index (χ2n) is 5.10. The first-order chi connectivity index (χ1) is 9.94. The number of halogens is 1. The molecule has 0 aromatic heterocycles. The van der Waals surface area contributed by atoms with Crippen LogP contribution in [-0.2, 0) is 11.2 Å². The first kappa shape index (κ1) is 15.8. The van der Waals surface area contributed by atoms with Gasteiger partial charge >= 0.3 is 5.97 Å². The van der Waals surface area contributed by atoms with Gasteiger partial charge in [-0.05, 0) is 77.4 Å². The van der Waals surface area contributed by atoms with E-state index < -0.39 is 12.1 Å². The number of hydrogen-bond donors (Lipinski definition) is 1. The third-order valence-corrected chi connectivity index (χ3v) is 3.80. The van der Waals surface area contributed by atoms with Crippen molar-refractivity contribution >= 4 is 28.6 Å². The summed E-state index contributed by atoms with van der Waals surface area (Å²) in [5.74, 6) is -0.349. The normalized spacial score (nSPS) is 12.0. The topological polar surface area (TPSA) is 46.5 Å². The third kappa shape index (κ3) is 4.74. The average molecular weight is 396 g/mol. The van der Waals surface area contributed by atoms with E-state index in [1.165, 1.54) is 0 Å². The minimum absolute atomic E-state index is 0.346. The van der Waals surface area contributed by atoms with Gasteiger partial charge in [-0.2, -0.15) is 0 Å². The van der Waals surface area contributed by atoms with E-state index in [0.717, 1.165) is 20.3 Å². The van der Waals surface area contributed by atoms with Gasteiger partial charge in [-0.25, -0.2) is 4.79 Å². The first-order valence-electron chi connectivity index (χ1n) is 6.66. The van der Waals surface area contributed by atoms with Crippen LogP contribution in [0.25, 0.3) is 0 Å². The highest BCUT2D eigenvalue weighted by Crippen LogP contribution is 2.19. The van der Waals surface area contributed by atoms with Crippen LogP contribution < -0.4 is 4.74 Å². The Balaban J connectivity index is 2.15. The molecule has 0 saturated heterocycles. The Kier molecular flexibility index (Phi) is 5.22. The van der Waals surface area contributed by atoms with Gasteiger partial charge in [-0.15, -0.1) is 0 Å². The smallest absolute Gasteiger partial charge is 0.345 e. The number of carbonyl (C=O) groups is 1. The molecule has 2 aromatic carbocycles. The maximum Gasteiger partial charge on any atom is 0.345 e. The van der Waals surface area contributed by atoms with E-state index in [9.17, 15) is 9.90 Å². The van der Waals surface area contributed by atoms with Crippen molar-refractivity contribution < 1.29 is 14.6 Å². The quantitative estimate of drug-likeness (QED) is 0.778. The summed E-state index contributed by atoms with van der Waals surface area (Å²) in [7, 11) is 0. The SMILES string of the molecule is Cc1cc(C)cc(O[C@@H](Cc2ccc(I)cc2)C(=O)O)c1. The Morgan fingerprint density at radius 2 is 1.71 bits per heavy atom. The van der Waals surface area contributed by atoms with Crippen LogP contribution in [-0.4, -0.2) is 17.2 Å². The summed E-state index contributed by atoms with van der Waals surface area (Å²) in [6.45, 7) is 3.93. The highest BCUT2D eigenvalue weighted by molar-refractivity contribution is 14.1. The fourth-order valence-corrected chi connectivity index (χ4v) is 2.54. The average Bonchev–Trinajstić information content (AvgIpc) is 2.39. The van der Waals surface area contributed by atoms with E-state index in [-0.39, 0.29) is 0 Å². The Morgan fingerprint density at radius 1 is 1.14 bits per heavy atom. The fraction of sp³-hybridized carbons (Fsp3) is 0.235. The molecule has 0 unspecified atom stereocenters. The van der Waals surface area contributed by atoms with Crippen molar-refractivity contribution in [1.29, 1.82) is 0 Å². The summed E-state index contributed by atoms with van der Waals surface area (Å²) >= 11 is 2.22. The molecule has 3 nitrogen and oxygen atoms in total. The molecule has 4 heteroatoms. The van der Waals surface area contributed by atoms with Gasteiger partial charge in [0.25, 0.3) is 0 Å². The number of ether oxygens (including phenoxy) is 1. The zero-order valence-electron chi connectivity index (χ0n) is 12.0. The van der Waals surface area contributed by atoms with E-state index in [4.69, 9.17) is 4.74 Å². The number of hydrogen-bond acceptors (Lipinski definition) is 2. The van der Waals surface area contributed by atoms with Crippen LogP contribution in [0.1, 0.15) is 16.7 Å². The number of benzene rings is 2. The summed E-state index contributed by atoms with van der Waals surface area (Å²) in [5, 5.41) is 9.36. The molecule has 0 bridgehead atoms. The molecule has 2 aromatic rings. The zero-order valence-corrected chi connectivity index (χ0v) is 14.1.